The highest BCUT2D eigenvalue weighted by atomic mass is 16.5. The summed E-state index contributed by atoms with van der Waals surface area (Å²) in [7, 11) is 3.17. The van der Waals surface area contributed by atoms with Gasteiger partial charge in [-0.25, -0.2) is 4.79 Å². The highest BCUT2D eigenvalue weighted by Crippen LogP contribution is 2.12. The van der Waals surface area contributed by atoms with E-state index in [1.165, 1.54) is 24.8 Å². The van der Waals surface area contributed by atoms with Gasteiger partial charge in [0.05, 0.1) is 5.56 Å². The first-order chi connectivity index (χ1) is 9.31. The van der Waals surface area contributed by atoms with Crippen molar-refractivity contribution >= 4 is 23.5 Å². The zero-order valence-corrected chi connectivity index (χ0v) is 12.0. The van der Waals surface area contributed by atoms with Gasteiger partial charge in [0.15, 0.2) is 6.10 Å². The fourth-order valence-electron chi connectivity index (χ4n) is 1.57. The summed E-state index contributed by atoms with van der Waals surface area (Å²) < 4.78 is 5.08. The van der Waals surface area contributed by atoms with Gasteiger partial charge in [-0.1, -0.05) is 6.07 Å². The standard InChI is InChI=1S/C14H18N2O4/c1-9(13(18)16(3)4)20-14(19)11-6-5-7-12(8-11)15-10(2)17/h5-9H,1-4H3,(H,15,17)/t9-/m0/s1. The van der Waals surface area contributed by atoms with Crippen LogP contribution in [0, 0.1) is 0 Å². The number of amides is 2. The monoisotopic (exact) mass is 278 g/mol. The van der Waals surface area contributed by atoms with E-state index in [0.29, 0.717) is 5.69 Å². The summed E-state index contributed by atoms with van der Waals surface area (Å²) >= 11 is 0. The number of nitrogens with zero attached hydrogens (tertiary/aromatic N) is 1. The lowest BCUT2D eigenvalue weighted by Crippen LogP contribution is -2.34. The maximum absolute atomic E-state index is 11.9. The maximum atomic E-state index is 11.9. The molecule has 2 amide bonds. The smallest absolute Gasteiger partial charge is 0.338 e. The molecule has 1 aromatic rings. The summed E-state index contributed by atoms with van der Waals surface area (Å²) in [4.78, 5) is 35.8. The molecule has 0 saturated heterocycles. The lowest BCUT2D eigenvalue weighted by atomic mass is 10.2. The molecular formula is C14H18N2O4. The van der Waals surface area contributed by atoms with E-state index in [0.717, 1.165) is 0 Å². The fraction of sp³-hybridized carbons (Fsp3) is 0.357. The van der Waals surface area contributed by atoms with Gasteiger partial charge in [-0.3, -0.25) is 9.59 Å². The average Bonchev–Trinajstić information content (AvgIpc) is 2.37. The molecule has 1 rings (SSSR count). The van der Waals surface area contributed by atoms with Crippen LogP contribution in [0.3, 0.4) is 0 Å². The molecule has 0 aromatic heterocycles. The van der Waals surface area contributed by atoms with Gasteiger partial charge >= 0.3 is 5.97 Å². The summed E-state index contributed by atoms with van der Waals surface area (Å²) in [5.41, 5.74) is 0.771. The van der Waals surface area contributed by atoms with Crippen molar-refractivity contribution in [1.29, 1.82) is 0 Å². The first-order valence-corrected chi connectivity index (χ1v) is 6.11. The zero-order chi connectivity index (χ0) is 15.3. The predicted molar refractivity (Wildman–Crippen MR) is 74.3 cm³/mol. The lowest BCUT2D eigenvalue weighted by molar-refractivity contribution is -0.137. The Balaban J connectivity index is 2.77. The van der Waals surface area contributed by atoms with Crippen molar-refractivity contribution in [3.05, 3.63) is 29.8 Å². The van der Waals surface area contributed by atoms with Gasteiger partial charge in [0.2, 0.25) is 5.91 Å². The molecule has 0 fully saturated rings. The van der Waals surface area contributed by atoms with Gasteiger partial charge in [0, 0.05) is 26.7 Å². The van der Waals surface area contributed by atoms with Crippen molar-refractivity contribution in [2.24, 2.45) is 0 Å². The van der Waals surface area contributed by atoms with E-state index in [2.05, 4.69) is 5.32 Å². The molecule has 1 aromatic carbocycles. The van der Waals surface area contributed by atoms with Crippen LogP contribution in [0.4, 0.5) is 5.69 Å². The van der Waals surface area contributed by atoms with Crippen LogP contribution in [-0.4, -0.2) is 42.9 Å². The lowest BCUT2D eigenvalue weighted by Gasteiger charge is -2.17. The molecule has 0 aliphatic rings. The van der Waals surface area contributed by atoms with E-state index >= 15 is 0 Å². The summed E-state index contributed by atoms with van der Waals surface area (Å²) in [5.74, 6) is -1.14. The Hall–Kier alpha value is -2.37. The Morgan fingerprint density at radius 1 is 1.25 bits per heavy atom. The first kappa shape index (κ1) is 15.7. The highest BCUT2D eigenvalue weighted by molar-refractivity contribution is 5.95. The van der Waals surface area contributed by atoms with E-state index < -0.39 is 12.1 Å². The average molecular weight is 278 g/mol. The summed E-state index contributed by atoms with van der Waals surface area (Å²) in [5, 5.41) is 2.57. The van der Waals surface area contributed by atoms with Crippen LogP contribution in [0.25, 0.3) is 0 Å². The number of hydrogen-bond acceptors (Lipinski definition) is 4. The highest BCUT2D eigenvalue weighted by Gasteiger charge is 2.20. The molecule has 0 aliphatic carbocycles. The van der Waals surface area contributed by atoms with Gasteiger partial charge in [-0.15, -0.1) is 0 Å². The van der Waals surface area contributed by atoms with Gasteiger partial charge in [-0.05, 0) is 25.1 Å². The van der Waals surface area contributed by atoms with Crippen molar-refractivity contribution in [1.82, 2.24) is 4.90 Å². The molecular weight excluding hydrogens is 260 g/mol. The number of anilines is 1. The number of benzene rings is 1. The molecule has 1 N–H and O–H groups in total. The van der Waals surface area contributed by atoms with Gasteiger partial charge in [0.25, 0.3) is 5.91 Å². The Morgan fingerprint density at radius 2 is 1.90 bits per heavy atom. The molecule has 20 heavy (non-hydrogen) atoms. The van der Waals surface area contributed by atoms with Crippen LogP contribution in [0.15, 0.2) is 24.3 Å². The van der Waals surface area contributed by atoms with Crippen LogP contribution in [-0.2, 0) is 14.3 Å². The third kappa shape index (κ3) is 4.38. The van der Waals surface area contributed by atoms with E-state index in [4.69, 9.17) is 4.74 Å². The minimum atomic E-state index is -0.859. The molecule has 0 aliphatic heterocycles. The Bertz CT molecular complexity index is 526. The van der Waals surface area contributed by atoms with Crippen LogP contribution in [0.2, 0.25) is 0 Å². The predicted octanol–water partition coefficient (Wildman–Crippen LogP) is 1.28. The molecule has 6 heteroatoms. The number of ether oxygens (including phenoxy) is 1. The van der Waals surface area contributed by atoms with Crippen LogP contribution in [0.5, 0.6) is 0 Å². The van der Waals surface area contributed by atoms with Crippen LogP contribution < -0.4 is 5.32 Å². The number of carbonyl (C=O) groups is 3. The van der Waals surface area contributed by atoms with Crippen molar-refractivity contribution in [2.75, 3.05) is 19.4 Å². The third-order valence-electron chi connectivity index (χ3n) is 2.49. The molecule has 0 radical (unpaired) electrons. The van der Waals surface area contributed by atoms with Crippen LogP contribution >= 0.6 is 0 Å². The van der Waals surface area contributed by atoms with E-state index in [9.17, 15) is 14.4 Å². The third-order valence-corrected chi connectivity index (χ3v) is 2.49. The molecule has 0 saturated carbocycles. The maximum Gasteiger partial charge on any atom is 0.338 e. The SMILES string of the molecule is CC(=O)Nc1cccc(C(=O)O[C@@H](C)C(=O)N(C)C)c1. The van der Waals surface area contributed by atoms with Crippen molar-refractivity contribution in [2.45, 2.75) is 20.0 Å². The Morgan fingerprint density at radius 3 is 2.45 bits per heavy atom. The summed E-state index contributed by atoms with van der Waals surface area (Å²) in [6.07, 6.45) is -0.859. The number of rotatable bonds is 4. The summed E-state index contributed by atoms with van der Waals surface area (Å²) in [6.45, 7) is 2.89. The zero-order valence-electron chi connectivity index (χ0n) is 12.0. The van der Waals surface area contributed by atoms with E-state index in [-0.39, 0.29) is 17.4 Å². The molecule has 6 nitrogen and oxygen atoms in total. The number of carbonyl (C=O) groups excluding carboxylic acids is 3. The number of likely N-dealkylation sites (N-methyl/N-ethyl adjacent to an activating group) is 1. The largest absolute Gasteiger partial charge is 0.449 e. The van der Waals surface area contributed by atoms with Gasteiger partial charge < -0.3 is 15.0 Å². The quantitative estimate of drug-likeness (QED) is 0.842. The van der Waals surface area contributed by atoms with Crippen molar-refractivity contribution < 1.29 is 19.1 Å². The number of nitrogens with one attached hydrogen (secondary N) is 1. The van der Waals surface area contributed by atoms with E-state index in [1.807, 2.05) is 0 Å². The molecule has 1 atom stereocenters. The number of hydrogen-bond donors (Lipinski definition) is 1. The molecule has 0 unspecified atom stereocenters. The molecule has 0 heterocycles. The fourth-order valence-corrected chi connectivity index (χ4v) is 1.57. The van der Waals surface area contributed by atoms with Crippen LogP contribution in [0.1, 0.15) is 24.2 Å². The Kier molecular flexibility index (Phi) is 5.25. The summed E-state index contributed by atoms with van der Waals surface area (Å²) in [6, 6.07) is 6.34. The first-order valence-electron chi connectivity index (χ1n) is 6.11. The minimum Gasteiger partial charge on any atom is -0.449 e. The van der Waals surface area contributed by atoms with E-state index in [1.54, 1.807) is 32.3 Å². The number of esters is 1. The van der Waals surface area contributed by atoms with Gasteiger partial charge in [-0.2, -0.15) is 0 Å². The minimum absolute atomic E-state index is 0.230. The van der Waals surface area contributed by atoms with Crippen molar-refractivity contribution in [3.63, 3.8) is 0 Å². The molecule has 0 bridgehead atoms. The second kappa shape index (κ2) is 6.70. The molecule has 0 spiro atoms. The second-order valence-electron chi connectivity index (χ2n) is 4.54. The van der Waals surface area contributed by atoms with Crippen molar-refractivity contribution in [3.8, 4) is 0 Å². The second-order valence-corrected chi connectivity index (χ2v) is 4.54. The normalized spacial score (nSPS) is 11.4. The Labute approximate surface area is 117 Å². The van der Waals surface area contributed by atoms with Gasteiger partial charge in [0.1, 0.15) is 0 Å². The molecule has 108 valence electrons. The topological polar surface area (TPSA) is 75.7 Å².